The molecule has 0 aliphatic heterocycles. The van der Waals surface area contributed by atoms with Crippen LogP contribution in [-0.2, 0) is 9.31 Å². The molecule has 0 bridgehead atoms. The van der Waals surface area contributed by atoms with E-state index in [2.05, 4.69) is 26.0 Å². The summed E-state index contributed by atoms with van der Waals surface area (Å²) in [5, 5.41) is 0. The van der Waals surface area contributed by atoms with E-state index in [1.165, 1.54) is 25.7 Å². The van der Waals surface area contributed by atoms with Gasteiger partial charge in [-0.2, -0.15) is 0 Å². The predicted molar refractivity (Wildman–Crippen MR) is 82.8 cm³/mol. The van der Waals surface area contributed by atoms with Crippen LogP contribution in [0.5, 0.6) is 0 Å². The second-order valence-electron chi connectivity index (χ2n) is 4.90. The van der Waals surface area contributed by atoms with Gasteiger partial charge in [0, 0.05) is 13.2 Å². The van der Waals surface area contributed by atoms with Crippen LogP contribution >= 0.6 is 0 Å². The third-order valence-electron chi connectivity index (χ3n) is 3.11. The summed E-state index contributed by atoms with van der Waals surface area (Å²) in [7, 11) is -0.199. The van der Waals surface area contributed by atoms with Crippen molar-refractivity contribution >= 4 is 12.6 Å². The van der Waals surface area contributed by atoms with Gasteiger partial charge in [0.25, 0.3) is 0 Å². The van der Waals surface area contributed by atoms with E-state index >= 15 is 0 Å². The Morgan fingerprint density at radius 2 is 1.32 bits per heavy atom. The lowest BCUT2D eigenvalue weighted by molar-refractivity contribution is 0.200. The van der Waals surface area contributed by atoms with Gasteiger partial charge in [-0.1, -0.05) is 69.9 Å². The molecule has 0 saturated carbocycles. The van der Waals surface area contributed by atoms with Crippen molar-refractivity contribution in [1.29, 1.82) is 0 Å². The van der Waals surface area contributed by atoms with Crippen LogP contribution in [-0.4, -0.2) is 20.3 Å². The fraction of sp³-hybridized carbons (Fsp3) is 0.625. The monoisotopic (exact) mass is 262 g/mol. The topological polar surface area (TPSA) is 18.5 Å². The molecule has 106 valence electrons. The molecule has 0 fully saturated rings. The molecule has 2 nitrogen and oxygen atoms in total. The van der Waals surface area contributed by atoms with Crippen LogP contribution in [0, 0.1) is 0 Å². The Balaban J connectivity index is 2.39. The first-order valence-corrected chi connectivity index (χ1v) is 7.66. The lowest BCUT2D eigenvalue weighted by Gasteiger charge is -2.15. The van der Waals surface area contributed by atoms with E-state index in [9.17, 15) is 0 Å². The molecule has 0 heterocycles. The molecule has 19 heavy (non-hydrogen) atoms. The molecule has 0 saturated heterocycles. The molecule has 1 aromatic carbocycles. The van der Waals surface area contributed by atoms with Gasteiger partial charge in [0.15, 0.2) is 0 Å². The van der Waals surface area contributed by atoms with E-state index < -0.39 is 0 Å². The Morgan fingerprint density at radius 1 is 0.789 bits per heavy atom. The van der Waals surface area contributed by atoms with E-state index in [-0.39, 0.29) is 7.12 Å². The molecule has 0 aliphatic rings. The summed E-state index contributed by atoms with van der Waals surface area (Å²) in [6, 6.07) is 10.2. The average molecular weight is 262 g/mol. The molecule has 3 heteroatoms. The molecule has 0 spiro atoms. The van der Waals surface area contributed by atoms with Crippen molar-refractivity contribution in [3.63, 3.8) is 0 Å². The van der Waals surface area contributed by atoms with Crippen LogP contribution in [0.15, 0.2) is 30.3 Å². The van der Waals surface area contributed by atoms with Crippen LogP contribution in [0.25, 0.3) is 0 Å². The largest absolute Gasteiger partial charge is 0.493 e. The van der Waals surface area contributed by atoms with Crippen molar-refractivity contribution in [2.45, 2.75) is 52.4 Å². The molecule has 0 amide bonds. The van der Waals surface area contributed by atoms with E-state index in [0.29, 0.717) is 0 Å². The van der Waals surface area contributed by atoms with Crippen LogP contribution in [0.4, 0.5) is 0 Å². The smallest absolute Gasteiger partial charge is 0.407 e. The normalized spacial score (nSPS) is 10.6. The maximum absolute atomic E-state index is 5.89. The molecule has 0 unspecified atom stereocenters. The molecule has 1 aromatic rings. The second kappa shape index (κ2) is 11.1. The highest BCUT2D eigenvalue weighted by molar-refractivity contribution is 6.61. The van der Waals surface area contributed by atoms with E-state index in [0.717, 1.165) is 31.5 Å². The first kappa shape index (κ1) is 16.3. The van der Waals surface area contributed by atoms with Gasteiger partial charge in [0.2, 0.25) is 0 Å². The summed E-state index contributed by atoms with van der Waals surface area (Å²) in [5.74, 6) is 0. The number of unbranched alkanes of at least 4 members (excludes halogenated alkanes) is 4. The highest BCUT2D eigenvalue weighted by atomic mass is 16.6. The number of rotatable bonds is 11. The van der Waals surface area contributed by atoms with Crippen LogP contribution < -0.4 is 5.46 Å². The Labute approximate surface area is 118 Å². The van der Waals surface area contributed by atoms with E-state index in [4.69, 9.17) is 9.31 Å². The zero-order chi connectivity index (χ0) is 13.8. The fourth-order valence-corrected chi connectivity index (χ4v) is 1.94. The summed E-state index contributed by atoms with van der Waals surface area (Å²) in [6.07, 6.45) is 7.10. The molecular formula is C16H27BO2. The van der Waals surface area contributed by atoms with E-state index in [1.54, 1.807) is 0 Å². The SMILES string of the molecule is CCCCCOB(OCCCCC)c1ccccc1. The summed E-state index contributed by atoms with van der Waals surface area (Å²) < 4.78 is 11.8. The van der Waals surface area contributed by atoms with Crippen LogP contribution in [0.2, 0.25) is 0 Å². The molecule has 1 rings (SSSR count). The van der Waals surface area contributed by atoms with Gasteiger partial charge >= 0.3 is 7.12 Å². The Bertz CT molecular complexity index is 291. The van der Waals surface area contributed by atoms with Crippen molar-refractivity contribution in [3.8, 4) is 0 Å². The van der Waals surface area contributed by atoms with Gasteiger partial charge in [0.1, 0.15) is 0 Å². The maximum atomic E-state index is 5.89. The zero-order valence-electron chi connectivity index (χ0n) is 12.4. The molecule has 0 aromatic heterocycles. The van der Waals surface area contributed by atoms with Gasteiger partial charge in [0.05, 0.1) is 0 Å². The molecule has 0 N–H and O–H groups in total. The predicted octanol–water partition coefficient (Wildman–Crippen LogP) is 3.80. The molecule has 0 atom stereocenters. The van der Waals surface area contributed by atoms with Crippen molar-refractivity contribution in [2.24, 2.45) is 0 Å². The maximum Gasteiger partial charge on any atom is 0.493 e. The highest BCUT2D eigenvalue weighted by Crippen LogP contribution is 2.01. The van der Waals surface area contributed by atoms with Gasteiger partial charge in [-0.05, 0) is 18.3 Å². The lowest BCUT2D eigenvalue weighted by Crippen LogP contribution is -2.37. The molecule has 0 radical (unpaired) electrons. The van der Waals surface area contributed by atoms with Crippen LogP contribution in [0.1, 0.15) is 52.4 Å². The van der Waals surface area contributed by atoms with Gasteiger partial charge in [-0.15, -0.1) is 0 Å². The standard InChI is InChI=1S/C16H27BO2/c1-3-5-10-14-18-17(19-15-11-6-4-2)16-12-8-7-9-13-16/h7-9,12-13H,3-6,10-11,14-15H2,1-2H3. The molecular weight excluding hydrogens is 235 g/mol. The minimum Gasteiger partial charge on any atom is -0.407 e. The highest BCUT2D eigenvalue weighted by Gasteiger charge is 2.20. The minimum atomic E-state index is -0.199. The summed E-state index contributed by atoms with van der Waals surface area (Å²) in [6.45, 7) is 5.97. The van der Waals surface area contributed by atoms with Crippen molar-refractivity contribution in [1.82, 2.24) is 0 Å². The van der Waals surface area contributed by atoms with Crippen molar-refractivity contribution < 1.29 is 9.31 Å². The van der Waals surface area contributed by atoms with Crippen LogP contribution in [0.3, 0.4) is 0 Å². The molecule has 0 aliphatic carbocycles. The third-order valence-corrected chi connectivity index (χ3v) is 3.11. The lowest BCUT2D eigenvalue weighted by atomic mass is 9.79. The minimum absolute atomic E-state index is 0.199. The zero-order valence-corrected chi connectivity index (χ0v) is 12.4. The van der Waals surface area contributed by atoms with Gasteiger partial charge < -0.3 is 9.31 Å². The Kier molecular flexibility index (Phi) is 9.47. The second-order valence-corrected chi connectivity index (χ2v) is 4.90. The van der Waals surface area contributed by atoms with Gasteiger partial charge in [-0.3, -0.25) is 0 Å². The van der Waals surface area contributed by atoms with Crippen molar-refractivity contribution in [2.75, 3.05) is 13.2 Å². The third kappa shape index (κ3) is 7.39. The number of benzene rings is 1. The van der Waals surface area contributed by atoms with Crippen molar-refractivity contribution in [3.05, 3.63) is 30.3 Å². The Morgan fingerprint density at radius 3 is 1.79 bits per heavy atom. The van der Waals surface area contributed by atoms with E-state index in [1.807, 2.05) is 18.2 Å². The Hall–Kier alpha value is -0.795. The van der Waals surface area contributed by atoms with Gasteiger partial charge in [-0.25, -0.2) is 0 Å². The summed E-state index contributed by atoms with van der Waals surface area (Å²) in [5.41, 5.74) is 1.12. The fourth-order valence-electron chi connectivity index (χ4n) is 1.94. The number of hydrogen-bond acceptors (Lipinski definition) is 2. The quantitative estimate of drug-likeness (QED) is 0.446. The summed E-state index contributed by atoms with van der Waals surface area (Å²) in [4.78, 5) is 0. The first-order chi connectivity index (χ1) is 9.38. The first-order valence-electron chi connectivity index (χ1n) is 7.66. The average Bonchev–Trinajstić information content (AvgIpc) is 2.46. The summed E-state index contributed by atoms with van der Waals surface area (Å²) >= 11 is 0. The number of hydrogen-bond donors (Lipinski definition) is 0.